The largest absolute Gasteiger partial charge is 0.494 e. The van der Waals surface area contributed by atoms with Crippen LogP contribution in [0.15, 0.2) is 34.8 Å². The summed E-state index contributed by atoms with van der Waals surface area (Å²) in [6.07, 6.45) is -0.912. The van der Waals surface area contributed by atoms with Crippen molar-refractivity contribution in [2.75, 3.05) is 13.2 Å². The van der Waals surface area contributed by atoms with Crippen molar-refractivity contribution < 1.29 is 32.9 Å². The lowest BCUT2D eigenvalue weighted by Crippen LogP contribution is -2.40. The van der Waals surface area contributed by atoms with Gasteiger partial charge in [0, 0.05) is 28.8 Å². The lowest BCUT2D eigenvalue weighted by atomic mass is 10.00. The molecule has 2 aliphatic carbocycles. The van der Waals surface area contributed by atoms with Crippen LogP contribution in [0.4, 0.5) is 13.2 Å². The Kier molecular flexibility index (Phi) is 4.75. The molecule has 2 N–H and O–H groups in total. The minimum absolute atomic E-state index is 0.00254. The minimum atomic E-state index is -4.59. The molecule has 1 heterocycles. The average Bonchev–Trinajstić information content (AvgIpc) is 3.21. The van der Waals surface area contributed by atoms with E-state index in [0.717, 1.165) is 10.6 Å². The molecule has 2 aliphatic rings. The highest BCUT2D eigenvalue weighted by Crippen LogP contribution is 2.63. The number of aromatic hydroxyl groups is 2. The monoisotopic (exact) mass is 473 g/mol. The van der Waals surface area contributed by atoms with Gasteiger partial charge in [-0.05, 0) is 32.0 Å². The summed E-state index contributed by atoms with van der Waals surface area (Å²) in [6, 6.07) is 3.51. The molecule has 2 bridgehead atoms. The first-order chi connectivity index (χ1) is 13.7. The Morgan fingerprint density at radius 1 is 1.03 bits per heavy atom. The highest BCUT2D eigenvalue weighted by atomic mass is 79.9. The summed E-state index contributed by atoms with van der Waals surface area (Å²) in [5, 5.41) is 21.8. The van der Waals surface area contributed by atoms with Gasteiger partial charge in [0.15, 0.2) is 5.79 Å². The van der Waals surface area contributed by atoms with Gasteiger partial charge in [-0.3, -0.25) is 4.57 Å². The van der Waals surface area contributed by atoms with Gasteiger partial charge in [0.1, 0.15) is 0 Å². The number of alkyl halides is 3. The first-order valence-electron chi connectivity index (χ1n) is 9.17. The molecule has 0 amide bonds. The predicted molar refractivity (Wildman–Crippen MR) is 102 cm³/mol. The Bertz CT molecular complexity index is 953. The maximum atomic E-state index is 13.3. The van der Waals surface area contributed by atoms with E-state index in [1.807, 2.05) is 26.0 Å². The van der Waals surface area contributed by atoms with Crippen LogP contribution in [0.3, 0.4) is 0 Å². The molecule has 5 nitrogen and oxygen atoms in total. The van der Waals surface area contributed by atoms with E-state index in [1.165, 1.54) is 12.1 Å². The van der Waals surface area contributed by atoms with E-state index in [1.54, 1.807) is 0 Å². The molecule has 9 heteroatoms. The van der Waals surface area contributed by atoms with Crippen LogP contribution in [0, 0.1) is 0 Å². The van der Waals surface area contributed by atoms with Gasteiger partial charge in [0.2, 0.25) is 11.8 Å². The maximum Gasteiger partial charge on any atom is 0.417 e. The Balaban J connectivity index is 1.86. The van der Waals surface area contributed by atoms with Crippen LogP contribution in [-0.4, -0.2) is 33.8 Å². The smallest absolute Gasteiger partial charge is 0.417 e. The second kappa shape index (κ2) is 6.78. The normalized spacial score (nSPS) is 21.7. The van der Waals surface area contributed by atoms with Crippen LogP contribution >= 0.6 is 15.9 Å². The van der Waals surface area contributed by atoms with Gasteiger partial charge in [-0.1, -0.05) is 28.1 Å². The zero-order chi connectivity index (χ0) is 21.1. The lowest BCUT2D eigenvalue weighted by molar-refractivity contribution is -0.237. The van der Waals surface area contributed by atoms with Gasteiger partial charge in [-0.25, -0.2) is 0 Å². The number of rotatable bonds is 5. The molecule has 2 aromatic rings. The predicted octanol–water partition coefficient (Wildman–Crippen LogP) is 5.19. The fourth-order valence-corrected chi connectivity index (χ4v) is 4.91. The molecule has 156 valence electrons. The third-order valence-electron chi connectivity index (χ3n) is 5.43. The van der Waals surface area contributed by atoms with Crippen LogP contribution in [0.1, 0.15) is 42.4 Å². The quantitative estimate of drug-likeness (QED) is 0.463. The molecule has 0 radical (unpaired) electrons. The number of halogens is 4. The summed E-state index contributed by atoms with van der Waals surface area (Å²) in [5.41, 5.74) is -0.0776. The summed E-state index contributed by atoms with van der Waals surface area (Å²) < 4.78 is 52.7. The molecule has 1 aromatic carbocycles. The molecule has 4 rings (SSSR count). The van der Waals surface area contributed by atoms with Crippen molar-refractivity contribution in [3.05, 3.63) is 51.5 Å². The van der Waals surface area contributed by atoms with E-state index in [-0.39, 0.29) is 21.9 Å². The van der Waals surface area contributed by atoms with Crippen LogP contribution < -0.4 is 0 Å². The summed E-state index contributed by atoms with van der Waals surface area (Å²) in [4.78, 5) is 0. The SMILES string of the molecule is CCOC1(OCC)C2C=CC1c1c2c(O)n(-c2ccc(Br)c(C(F)(F)F)c2)c1O. The summed E-state index contributed by atoms with van der Waals surface area (Å²) in [7, 11) is 0. The topological polar surface area (TPSA) is 63.8 Å². The number of ether oxygens (including phenoxy) is 2. The number of hydrogen-bond acceptors (Lipinski definition) is 4. The van der Waals surface area contributed by atoms with E-state index in [0.29, 0.717) is 24.3 Å². The Morgan fingerprint density at radius 3 is 2.00 bits per heavy atom. The Morgan fingerprint density at radius 2 is 1.55 bits per heavy atom. The molecular weight excluding hydrogens is 455 g/mol. The van der Waals surface area contributed by atoms with Gasteiger partial charge in [0.05, 0.1) is 23.1 Å². The summed E-state index contributed by atoms with van der Waals surface area (Å²) >= 11 is 2.90. The second-order valence-electron chi connectivity index (χ2n) is 6.90. The standard InChI is InChI=1S/C20H19BrF3NO4/c1-3-28-19(29-4-2)11-6-7-12(19)16-15(11)17(26)25(18(16)27)10-5-8-14(21)13(9-10)20(22,23)24/h5-9,11-12,26-27H,3-4H2,1-2H3. The van der Waals surface area contributed by atoms with Crippen molar-refractivity contribution in [3.8, 4) is 17.4 Å². The van der Waals surface area contributed by atoms with E-state index in [9.17, 15) is 23.4 Å². The maximum absolute atomic E-state index is 13.3. The Labute approximate surface area is 173 Å². The number of benzene rings is 1. The molecule has 2 atom stereocenters. The van der Waals surface area contributed by atoms with E-state index >= 15 is 0 Å². The highest BCUT2D eigenvalue weighted by molar-refractivity contribution is 9.10. The second-order valence-corrected chi connectivity index (χ2v) is 7.75. The molecule has 1 aromatic heterocycles. The molecule has 0 aliphatic heterocycles. The van der Waals surface area contributed by atoms with Gasteiger partial charge in [0.25, 0.3) is 0 Å². The molecule has 2 unspecified atom stereocenters. The number of aromatic nitrogens is 1. The van der Waals surface area contributed by atoms with Gasteiger partial charge >= 0.3 is 6.18 Å². The number of hydrogen-bond donors (Lipinski definition) is 2. The van der Waals surface area contributed by atoms with Gasteiger partial charge in [-0.2, -0.15) is 13.2 Å². The van der Waals surface area contributed by atoms with Crippen LogP contribution in [0.25, 0.3) is 5.69 Å². The fourth-order valence-electron chi connectivity index (χ4n) is 4.44. The number of nitrogens with zero attached hydrogens (tertiary/aromatic N) is 1. The van der Waals surface area contributed by atoms with Gasteiger partial charge in [-0.15, -0.1) is 0 Å². The average molecular weight is 474 g/mol. The fraction of sp³-hybridized carbons (Fsp3) is 0.400. The van der Waals surface area contributed by atoms with Gasteiger partial charge < -0.3 is 19.7 Å². The van der Waals surface area contributed by atoms with Crippen LogP contribution in [0.5, 0.6) is 11.8 Å². The van der Waals surface area contributed by atoms with Crippen molar-refractivity contribution in [1.29, 1.82) is 0 Å². The van der Waals surface area contributed by atoms with Crippen molar-refractivity contribution in [2.24, 2.45) is 0 Å². The zero-order valence-electron chi connectivity index (χ0n) is 15.6. The number of fused-ring (bicyclic) bond motifs is 5. The minimum Gasteiger partial charge on any atom is -0.494 e. The van der Waals surface area contributed by atoms with Crippen LogP contribution in [-0.2, 0) is 15.7 Å². The first-order valence-corrected chi connectivity index (χ1v) is 9.96. The molecule has 0 spiro atoms. The third-order valence-corrected chi connectivity index (χ3v) is 6.13. The van der Waals surface area contributed by atoms with Crippen molar-refractivity contribution in [1.82, 2.24) is 4.57 Å². The molecule has 0 saturated carbocycles. The molecular formula is C20H19BrF3NO4. The third kappa shape index (κ3) is 2.74. The molecule has 0 saturated heterocycles. The van der Waals surface area contributed by atoms with Crippen LogP contribution in [0.2, 0.25) is 0 Å². The van der Waals surface area contributed by atoms with E-state index in [2.05, 4.69) is 15.9 Å². The summed E-state index contributed by atoms with van der Waals surface area (Å²) in [5.74, 6) is -2.68. The van der Waals surface area contributed by atoms with E-state index in [4.69, 9.17) is 9.47 Å². The van der Waals surface area contributed by atoms with E-state index < -0.39 is 29.4 Å². The van der Waals surface area contributed by atoms with Crippen molar-refractivity contribution in [2.45, 2.75) is 37.6 Å². The zero-order valence-corrected chi connectivity index (χ0v) is 17.2. The van der Waals surface area contributed by atoms with Crippen molar-refractivity contribution >= 4 is 15.9 Å². The molecule has 29 heavy (non-hydrogen) atoms. The molecule has 0 fully saturated rings. The highest BCUT2D eigenvalue weighted by Gasteiger charge is 2.60. The van der Waals surface area contributed by atoms with Crippen molar-refractivity contribution in [3.63, 3.8) is 0 Å². The Hall–Kier alpha value is -1.97. The first kappa shape index (κ1) is 20.3. The summed E-state index contributed by atoms with van der Waals surface area (Å²) in [6.45, 7) is 4.37. The lowest BCUT2D eigenvalue weighted by Gasteiger charge is -2.34.